The van der Waals surface area contributed by atoms with Crippen LogP contribution in [-0.2, 0) is 0 Å². The largest absolute Gasteiger partial charge is 0.294 e. The van der Waals surface area contributed by atoms with Gasteiger partial charge in [0.25, 0.3) is 0 Å². The summed E-state index contributed by atoms with van der Waals surface area (Å²) in [5.74, 6) is 4.86. The van der Waals surface area contributed by atoms with Crippen molar-refractivity contribution in [3.05, 3.63) is 35.1 Å². The first-order valence-electron chi connectivity index (χ1n) is 4.84. The highest BCUT2D eigenvalue weighted by atomic mass is 19.1. The van der Waals surface area contributed by atoms with Gasteiger partial charge in [-0.25, -0.2) is 4.39 Å². The molecule has 0 aliphatic heterocycles. The van der Waals surface area contributed by atoms with Crippen LogP contribution in [0.5, 0.6) is 0 Å². The number of carbonyl (C=O) groups excluding carboxylic acids is 1. The van der Waals surface area contributed by atoms with Crippen molar-refractivity contribution in [1.29, 1.82) is 0 Å². The van der Waals surface area contributed by atoms with Gasteiger partial charge in [-0.15, -0.1) is 11.8 Å². The van der Waals surface area contributed by atoms with Gasteiger partial charge in [0.2, 0.25) is 0 Å². The molecule has 15 heavy (non-hydrogen) atoms. The van der Waals surface area contributed by atoms with E-state index in [1.165, 1.54) is 12.1 Å². The van der Waals surface area contributed by atoms with Crippen molar-refractivity contribution < 1.29 is 9.18 Å². The Bertz CT molecular complexity index is 424. The molecule has 1 rings (SSSR count). The number of rotatable bonds is 3. The van der Waals surface area contributed by atoms with Gasteiger partial charge in [-0.1, -0.05) is 6.07 Å². The Labute approximate surface area is 89.3 Å². The number of halogens is 1. The van der Waals surface area contributed by atoms with Gasteiger partial charge in [0.15, 0.2) is 5.78 Å². The standard InChI is InChI=1S/C13H13FO/c1-3-4-5-6-13(15)11-8-7-10(2)9-12(11)14/h7-9H,5-6H2,1-2H3. The van der Waals surface area contributed by atoms with Gasteiger partial charge in [-0.3, -0.25) is 4.79 Å². The molecule has 0 saturated heterocycles. The Kier molecular flexibility index (Phi) is 4.05. The smallest absolute Gasteiger partial charge is 0.166 e. The predicted octanol–water partition coefficient (Wildman–Crippen LogP) is 3.12. The molecule has 0 N–H and O–H groups in total. The summed E-state index contributed by atoms with van der Waals surface area (Å²) in [7, 11) is 0. The Hall–Kier alpha value is -1.62. The maximum absolute atomic E-state index is 13.4. The normalized spacial score (nSPS) is 9.27. The molecule has 0 aliphatic rings. The van der Waals surface area contributed by atoms with Crippen LogP contribution in [-0.4, -0.2) is 5.78 Å². The molecule has 1 aromatic carbocycles. The average Bonchev–Trinajstić information content (AvgIpc) is 2.17. The van der Waals surface area contributed by atoms with Crippen LogP contribution in [0.4, 0.5) is 4.39 Å². The Morgan fingerprint density at radius 1 is 1.47 bits per heavy atom. The van der Waals surface area contributed by atoms with Gasteiger partial charge in [0, 0.05) is 12.8 Å². The molecule has 0 aliphatic carbocycles. The van der Waals surface area contributed by atoms with Crippen molar-refractivity contribution in [3.8, 4) is 11.8 Å². The number of hydrogen-bond acceptors (Lipinski definition) is 1. The van der Waals surface area contributed by atoms with Gasteiger partial charge in [-0.05, 0) is 31.5 Å². The summed E-state index contributed by atoms with van der Waals surface area (Å²) in [6.07, 6.45) is 0.767. The first kappa shape index (κ1) is 11.5. The van der Waals surface area contributed by atoms with E-state index in [0.717, 1.165) is 5.56 Å². The number of carbonyl (C=O) groups is 1. The van der Waals surface area contributed by atoms with Gasteiger partial charge in [-0.2, -0.15) is 0 Å². The lowest BCUT2D eigenvalue weighted by Gasteiger charge is -2.01. The minimum Gasteiger partial charge on any atom is -0.294 e. The molecule has 0 radical (unpaired) electrons. The van der Waals surface area contributed by atoms with Gasteiger partial charge < -0.3 is 0 Å². The molecule has 0 fully saturated rings. The van der Waals surface area contributed by atoms with Crippen molar-refractivity contribution in [2.75, 3.05) is 0 Å². The van der Waals surface area contributed by atoms with E-state index in [1.807, 2.05) is 0 Å². The summed E-state index contributed by atoms with van der Waals surface area (Å²) in [5, 5.41) is 0. The monoisotopic (exact) mass is 204 g/mol. The minimum absolute atomic E-state index is 0.165. The highest BCUT2D eigenvalue weighted by Gasteiger charge is 2.10. The molecule has 0 bridgehead atoms. The fraction of sp³-hybridized carbons (Fsp3) is 0.308. The third kappa shape index (κ3) is 3.21. The maximum Gasteiger partial charge on any atom is 0.166 e. The molecule has 1 nitrogen and oxygen atoms in total. The highest BCUT2D eigenvalue weighted by Crippen LogP contribution is 2.12. The second-order valence-electron chi connectivity index (χ2n) is 3.33. The molecule has 0 atom stereocenters. The minimum atomic E-state index is -0.440. The van der Waals surface area contributed by atoms with Gasteiger partial charge in [0.1, 0.15) is 5.82 Å². The molecular weight excluding hydrogens is 191 g/mol. The lowest BCUT2D eigenvalue weighted by Crippen LogP contribution is -2.02. The van der Waals surface area contributed by atoms with Crippen LogP contribution in [0.2, 0.25) is 0 Å². The molecule has 0 heterocycles. The molecule has 0 saturated carbocycles. The zero-order valence-corrected chi connectivity index (χ0v) is 8.93. The summed E-state index contributed by atoms with van der Waals surface area (Å²) in [6, 6.07) is 4.65. The Balaban J connectivity index is 2.76. The van der Waals surface area contributed by atoms with Crippen molar-refractivity contribution in [1.82, 2.24) is 0 Å². The van der Waals surface area contributed by atoms with E-state index in [0.29, 0.717) is 6.42 Å². The Morgan fingerprint density at radius 3 is 2.80 bits per heavy atom. The zero-order chi connectivity index (χ0) is 11.3. The number of Topliss-reactive ketones (excluding diaryl/α,β-unsaturated/α-hetero) is 1. The van der Waals surface area contributed by atoms with Crippen molar-refractivity contribution in [3.63, 3.8) is 0 Å². The lowest BCUT2D eigenvalue weighted by molar-refractivity contribution is 0.0980. The van der Waals surface area contributed by atoms with E-state index in [4.69, 9.17) is 0 Å². The SMILES string of the molecule is CC#CCCC(=O)c1ccc(C)cc1F. The van der Waals surface area contributed by atoms with Gasteiger partial charge >= 0.3 is 0 Å². The second-order valence-corrected chi connectivity index (χ2v) is 3.33. The number of benzene rings is 1. The first-order valence-corrected chi connectivity index (χ1v) is 4.84. The predicted molar refractivity (Wildman–Crippen MR) is 58.2 cm³/mol. The number of aryl methyl sites for hydroxylation is 1. The maximum atomic E-state index is 13.4. The second kappa shape index (κ2) is 5.31. The summed E-state index contributed by atoms with van der Waals surface area (Å²) < 4.78 is 13.4. The van der Waals surface area contributed by atoms with Crippen LogP contribution in [0, 0.1) is 24.6 Å². The van der Waals surface area contributed by atoms with Crippen LogP contribution in [0.25, 0.3) is 0 Å². The Morgan fingerprint density at radius 2 is 2.20 bits per heavy atom. The van der Waals surface area contributed by atoms with Crippen molar-refractivity contribution in [2.24, 2.45) is 0 Å². The molecule has 0 spiro atoms. The third-order valence-electron chi connectivity index (χ3n) is 2.08. The summed E-state index contributed by atoms with van der Waals surface area (Å²) in [5.41, 5.74) is 0.982. The number of hydrogen-bond donors (Lipinski definition) is 0. The van der Waals surface area contributed by atoms with Crippen LogP contribution >= 0.6 is 0 Å². The molecule has 0 aromatic heterocycles. The third-order valence-corrected chi connectivity index (χ3v) is 2.08. The van der Waals surface area contributed by atoms with Crippen LogP contribution in [0.1, 0.15) is 35.7 Å². The molecule has 0 amide bonds. The highest BCUT2D eigenvalue weighted by molar-refractivity contribution is 5.96. The van der Waals surface area contributed by atoms with E-state index < -0.39 is 5.82 Å². The van der Waals surface area contributed by atoms with E-state index in [1.54, 1.807) is 19.9 Å². The van der Waals surface area contributed by atoms with Crippen molar-refractivity contribution >= 4 is 5.78 Å². The average molecular weight is 204 g/mol. The summed E-state index contributed by atoms with van der Waals surface area (Å²) in [4.78, 5) is 11.5. The fourth-order valence-corrected chi connectivity index (χ4v) is 1.28. The molecule has 0 unspecified atom stereocenters. The van der Waals surface area contributed by atoms with Crippen LogP contribution in [0.3, 0.4) is 0 Å². The van der Waals surface area contributed by atoms with Crippen LogP contribution in [0.15, 0.2) is 18.2 Å². The van der Waals surface area contributed by atoms with E-state index >= 15 is 0 Å². The summed E-state index contributed by atoms with van der Waals surface area (Å²) in [6.45, 7) is 3.51. The zero-order valence-electron chi connectivity index (χ0n) is 8.93. The van der Waals surface area contributed by atoms with E-state index in [9.17, 15) is 9.18 Å². The van der Waals surface area contributed by atoms with Crippen LogP contribution < -0.4 is 0 Å². The van der Waals surface area contributed by atoms with Crippen molar-refractivity contribution in [2.45, 2.75) is 26.7 Å². The molecule has 78 valence electrons. The van der Waals surface area contributed by atoms with E-state index in [-0.39, 0.29) is 17.8 Å². The molecule has 2 heteroatoms. The van der Waals surface area contributed by atoms with Gasteiger partial charge in [0.05, 0.1) is 5.56 Å². The number of ketones is 1. The first-order chi connectivity index (χ1) is 7.15. The summed E-state index contributed by atoms with van der Waals surface area (Å²) >= 11 is 0. The lowest BCUT2D eigenvalue weighted by atomic mass is 10.0. The quantitative estimate of drug-likeness (QED) is 0.546. The molecular formula is C13H13FO. The van der Waals surface area contributed by atoms with E-state index in [2.05, 4.69) is 11.8 Å². The molecule has 1 aromatic rings. The fourth-order valence-electron chi connectivity index (χ4n) is 1.28. The topological polar surface area (TPSA) is 17.1 Å².